The van der Waals surface area contributed by atoms with E-state index in [-0.39, 0.29) is 5.56 Å². The minimum atomic E-state index is -0.500. The number of hydrogen-bond acceptors (Lipinski definition) is 2. The molecule has 112 valence electrons. The van der Waals surface area contributed by atoms with Crippen molar-refractivity contribution in [3.05, 3.63) is 35.7 Å². The van der Waals surface area contributed by atoms with E-state index in [1.54, 1.807) is 0 Å². The average molecular weight is 291 g/mol. The van der Waals surface area contributed by atoms with Gasteiger partial charge in [-0.3, -0.25) is 0 Å². The fraction of sp³-hybridized carbons (Fsp3) is 0.438. The molecule has 0 bridgehead atoms. The molecule has 2 N–H and O–H groups in total. The number of nitrogen functional groups attached to an aromatic ring is 1. The lowest BCUT2D eigenvalue weighted by Gasteiger charge is -2.12. The van der Waals surface area contributed by atoms with E-state index in [4.69, 9.17) is 5.73 Å². The average Bonchev–Trinajstić information content (AvgIpc) is 3.21. The Balaban J connectivity index is 2.12. The highest BCUT2D eigenvalue weighted by Gasteiger charge is 2.31. The van der Waals surface area contributed by atoms with E-state index in [1.807, 2.05) is 4.57 Å². The number of rotatable bonds is 4. The molecule has 0 aliphatic heterocycles. The first-order valence-electron chi connectivity index (χ1n) is 7.28. The Morgan fingerprint density at radius 2 is 2.05 bits per heavy atom. The Labute approximate surface area is 122 Å². The number of aromatic nitrogens is 2. The number of anilines is 1. The number of nitrogens with two attached hydrogens (primary N) is 1. The lowest BCUT2D eigenvalue weighted by molar-refractivity contribution is 0.512. The summed E-state index contributed by atoms with van der Waals surface area (Å²) in [7, 11) is 0. The predicted octanol–water partition coefficient (Wildman–Crippen LogP) is 3.94. The van der Waals surface area contributed by atoms with Gasteiger partial charge in [-0.25, -0.2) is 13.8 Å². The van der Waals surface area contributed by atoms with E-state index in [0.717, 1.165) is 43.4 Å². The number of nitrogens with zero attached hydrogens (tertiary/aromatic N) is 2. The first-order chi connectivity index (χ1) is 9.97. The van der Waals surface area contributed by atoms with Gasteiger partial charge in [0.1, 0.15) is 29.0 Å². The second-order valence-corrected chi connectivity index (χ2v) is 6.11. The summed E-state index contributed by atoms with van der Waals surface area (Å²) in [5.74, 6) is 1.15. The van der Waals surface area contributed by atoms with Gasteiger partial charge in [0.2, 0.25) is 0 Å². The molecule has 3 rings (SSSR count). The van der Waals surface area contributed by atoms with Gasteiger partial charge in [-0.15, -0.1) is 0 Å². The zero-order valence-corrected chi connectivity index (χ0v) is 12.2. The van der Waals surface area contributed by atoms with Crippen molar-refractivity contribution in [1.82, 2.24) is 9.55 Å². The first kappa shape index (κ1) is 14.0. The van der Waals surface area contributed by atoms with Crippen LogP contribution >= 0.6 is 0 Å². The maximum Gasteiger partial charge on any atom is 0.132 e. The van der Waals surface area contributed by atoms with E-state index in [0.29, 0.717) is 23.3 Å². The third-order valence-electron chi connectivity index (χ3n) is 3.71. The Morgan fingerprint density at radius 1 is 1.33 bits per heavy atom. The van der Waals surface area contributed by atoms with E-state index in [2.05, 4.69) is 18.8 Å². The van der Waals surface area contributed by atoms with Crippen molar-refractivity contribution in [2.45, 2.75) is 39.2 Å². The maximum atomic E-state index is 14.0. The predicted molar refractivity (Wildman–Crippen MR) is 78.8 cm³/mol. The van der Waals surface area contributed by atoms with E-state index >= 15 is 0 Å². The van der Waals surface area contributed by atoms with Gasteiger partial charge < -0.3 is 10.3 Å². The van der Waals surface area contributed by atoms with Gasteiger partial charge in [0.05, 0.1) is 0 Å². The van der Waals surface area contributed by atoms with Crippen LogP contribution in [0, 0.1) is 17.6 Å². The molecular weight excluding hydrogens is 272 g/mol. The highest BCUT2D eigenvalue weighted by molar-refractivity contribution is 5.71. The summed E-state index contributed by atoms with van der Waals surface area (Å²) >= 11 is 0. The van der Waals surface area contributed by atoms with Crippen LogP contribution in [0.3, 0.4) is 0 Å². The van der Waals surface area contributed by atoms with E-state index in [9.17, 15) is 8.78 Å². The summed E-state index contributed by atoms with van der Waals surface area (Å²) in [6.45, 7) is 4.93. The quantitative estimate of drug-likeness (QED) is 0.927. The van der Waals surface area contributed by atoms with Gasteiger partial charge in [0.15, 0.2) is 0 Å². The van der Waals surface area contributed by atoms with Crippen LogP contribution in [0.1, 0.15) is 38.4 Å². The van der Waals surface area contributed by atoms with Crippen LogP contribution in [-0.4, -0.2) is 9.55 Å². The molecule has 5 heteroatoms. The molecule has 1 saturated carbocycles. The molecule has 0 amide bonds. The van der Waals surface area contributed by atoms with Gasteiger partial charge in [0.25, 0.3) is 0 Å². The molecule has 1 aliphatic rings. The molecule has 0 spiro atoms. The van der Waals surface area contributed by atoms with E-state index < -0.39 is 11.6 Å². The van der Waals surface area contributed by atoms with Crippen LogP contribution < -0.4 is 5.73 Å². The van der Waals surface area contributed by atoms with Crippen molar-refractivity contribution >= 4 is 5.82 Å². The summed E-state index contributed by atoms with van der Waals surface area (Å²) in [4.78, 5) is 4.53. The van der Waals surface area contributed by atoms with Crippen LogP contribution in [0.15, 0.2) is 18.2 Å². The molecule has 21 heavy (non-hydrogen) atoms. The Morgan fingerprint density at radius 3 is 2.67 bits per heavy atom. The molecular formula is C16H19F2N3. The monoisotopic (exact) mass is 291 g/mol. The number of hydrogen-bond donors (Lipinski definition) is 1. The fourth-order valence-electron chi connectivity index (χ4n) is 2.57. The molecule has 1 fully saturated rings. The van der Waals surface area contributed by atoms with Crippen molar-refractivity contribution in [3.63, 3.8) is 0 Å². The molecule has 3 nitrogen and oxygen atoms in total. The smallest absolute Gasteiger partial charge is 0.132 e. The summed E-state index contributed by atoms with van der Waals surface area (Å²) in [6.07, 6.45) is 2.17. The molecule has 1 aliphatic carbocycles. The SMILES string of the molecule is CC(C)Cn1c(C2CC2)nc(-c2cc(F)ccc2F)c1N. The van der Waals surface area contributed by atoms with Crippen LogP contribution in [0.2, 0.25) is 0 Å². The van der Waals surface area contributed by atoms with Crippen LogP contribution in [0.4, 0.5) is 14.6 Å². The second kappa shape index (κ2) is 5.13. The topological polar surface area (TPSA) is 43.8 Å². The normalized spacial score (nSPS) is 14.9. The largest absolute Gasteiger partial charge is 0.383 e. The highest BCUT2D eigenvalue weighted by Crippen LogP contribution is 2.42. The lowest BCUT2D eigenvalue weighted by atomic mass is 10.1. The Bertz CT molecular complexity index is 672. The molecule has 0 unspecified atom stereocenters. The third kappa shape index (κ3) is 2.64. The van der Waals surface area contributed by atoms with Gasteiger partial charge in [-0.1, -0.05) is 13.8 Å². The molecule has 0 saturated heterocycles. The van der Waals surface area contributed by atoms with E-state index in [1.165, 1.54) is 0 Å². The van der Waals surface area contributed by atoms with Crippen LogP contribution in [-0.2, 0) is 6.54 Å². The highest BCUT2D eigenvalue weighted by atomic mass is 19.1. The summed E-state index contributed by atoms with van der Waals surface area (Å²) < 4.78 is 29.4. The summed E-state index contributed by atoms with van der Waals surface area (Å²) in [6, 6.07) is 3.37. The van der Waals surface area contributed by atoms with Gasteiger partial charge >= 0.3 is 0 Å². The minimum absolute atomic E-state index is 0.136. The molecule has 1 aromatic carbocycles. The summed E-state index contributed by atoms with van der Waals surface area (Å²) in [5.41, 5.74) is 6.67. The van der Waals surface area contributed by atoms with Crippen molar-refractivity contribution in [1.29, 1.82) is 0 Å². The van der Waals surface area contributed by atoms with Gasteiger partial charge in [-0.05, 0) is 37.0 Å². The van der Waals surface area contributed by atoms with Crippen LogP contribution in [0.25, 0.3) is 11.3 Å². The van der Waals surface area contributed by atoms with Crippen molar-refractivity contribution < 1.29 is 8.78 Å². The third-order valence-corrected chi connectivity index (χ3v) is 3.71. The number of halogens is 2. The molecule has 0 radical (unpaired) electrons. The zero-order valence-electron chi connectivity index (χ0n) is 12.2. The lowest BCUT2D eigenvalue weighted by Crippen LogP contribution is -2.11. The molecule has 1 aromatic heterocycles. The van der Waals surface area contributed by atoms with Gasteiger partial charge in [-0.2, -0.15) is 0 Å². The summed E-state index contributed by atoms with van der Waals surface area (Å²) in [5, 5.41) is 0. The molecule has 0 atom stereocenters. The van der Waals surface area contributed by atoms with Crippen molar-refractivity contribution in [2.24, 2.45) is 5.92 Å². The van der Waals surface area contributed by atoms with Gasteiger partial charge in [0, 0.05) is 18.0 Å². The maximum absolute atomic E-state index is 14.0. The standard InChI is InChI=1S/C16H19F2N3/c1-9(2)8-21-15(19)14(20-16(21)10-3-4-10)12-7-11(17)5-6-13(12)18/h5-7,9-10H,3-4,8,19H2,1-2H3. The van der Waals surface area contributed by atoms with Crippen molar-refractivity contribution in [3.8, 4) is 11.3 Å². The Hall–Kier alpha value is -1.91. The second-order valence-electron chi connectivity index (χ2n) is 6.11. The zero-order chi connectivity index (χ0) is 15.1. The number of benzene rings is 1. The van der Waals surface area contributed by atoms with Crippen LogP contribution in [0.5, 0.6) is 0 Å². The fourth-order valence-corrected chi connectivity index (χ4v) is 2.57. The minimum Gasteiger partial charge on any atom is -0.383 e. The first-order valence-corrected chi connectivity index (χ1v) is 7.28. The number of imidazole rings is 1. The molecule has 2 aromatic rings. The Kier molecular flexibility index (Phi) is 3.43. The molecule has 1 heterocycles. The van der Waals surface area contributed by atoms with Crippen molar-refractivity contribution in [2.75, 3.05) is 5.73 Å².